The van der Waals surface area contributed by atoms with Gasteiger partial charge in [-0.3, -0.25) is 14.5 Å². The highest BCUT2D eigenvalue weighted by molar-refractivity contribution is 5.97. The molecule has 0 atom stereocenters. The number of carbonyl (C=O) groups is 2. The van der Waals surface area contributed by atoms with Crippen molar-refractivity contribution in [2.45, 2.75) is 25.1 Å². The highest BCUT2D eigenvalue weighted by atomic mass is 19.4. The fourth-order valence-corrected chi connectivity index (χ4v) is 3.51. The number of pyridine rings is 1. The summed E-state index contributed by atoms with van der Waals surface area (Å²) in [7, 11) is 0. The molecule has 4 rings (SSSR count). The Morgan fingerprint density at radius 2 is 1.81 bits per heavy atom. The quantitative estimate of drug-likeness (QED) is 0.712. The number of carbonyl (C=O) groups excluding carboxylic acids is 2. The van der Waals surface area contributed by atoms with Gasteiger partial charge in [0.1, 0.15) is 5.82 Å². The second-order valence-corrected chi connectivity index (χ2v) is 8.04. The Morgan fingerprint density at radius 3 is 2.44 bits per heavy atom. The summed E-state index contributed by atoms with van der Waals surface area (Å²) in [5.74, 6) is 0.158. The summed E-state index contributed by atoms with van der Waals surface area (Å²) < 4.78 is 38.1. The molecule has 1 aromatic heterocycles. The largest absolute Gasteiger partial charge is 0.417 e. The molecule has 0 bridgehead atoms. The predicted octanol–water partition coefficient (Wildman–Crippen LogP) is 2.75. The molecule has 2 amide bonds. The molecule has 2 aliphatic rings. The first-order chi connectivity index (χ1) is 15.3. The fourth-order valence-electron chi connectivity index (χ4n) is 3.51. The first kappa shape index (κ1) is 22.1. The van der Waals surface area contributed by atoms with Gasteiger partial charge in [0.15, 0.2) is 0 Å². The molecule has 1 aromatic carbocycles. The molecule has 0 unspecified atom stereocenters. The molecule has 0 spiro atoms. The lowest BCUT2D eigenvalue weighted by Gasteiger charge is -2.35. The van der Waals surface area contributed by atoms with Crippen molar-refractivity contribution in [2.24, 2.45) is 0 Å². The van der Waals surface area contributed by atoms with Crippen LogP contribution in [-0.2, 0) is 11.0 Å². The van der Waals surface area contributed by atoms with Crippen LogP contribution in [0.1, 0.15) is 28.8 Å². The van der Waals surface area contributed by atoms with E-state index in [0.29, 0.717) is 43.2 Å². The number of hydrogen-bond acceptors (Lipinski definition) is 5. The number of alkyl halides is 3. The van der Waals surface area contributed by atoms with Crippen LogP contribution in [0.15, 0.2) is 42.6 Å². The van der Waals surface area contributed by atoms with E-state index in [1.165, 1.54) is 6.07 Å². The highest BCUT2D eigenvalue weighted by Crippen LogP contribution is 2.29. The number of piperazine rings is 1. The van der Waals surface area contributed by atoms with E-state index in [4.69, 9.17) is 0 Å². The van der Waals surface area contributed by atoms with Gasteiger partial charge in [-0.25, -0.2) is 4.98 Å². The molecule has 1 saturated carbocycles. The summed E-state index contributed by atoms with van der Waals surface area (Å²) in [5.41, 5.74) is 0.295. The molecular formula is C22H24F3N5O2. The molecule has 32 heavy (non-hydrogen) atoms. The van der Waals surface area contributed by atoms with Crippen LogP contribution >= 0.6 is 0 Å². The lowest BCUT2D eigenvalue weighted by molar-refractivity contribution is -0.137. The Balaban J connectivity index is 1.25. The molecule has 2 N–H and O–H groups in total. The topological polar surface area (TPSA) is 77.6 Å². The van der Waals surface area contributed by atoms with Gasteiger partial charge < -0.3 is 15.5 Å². The van der Waals surface area contributed by atoms with E-state index in [2.05, 4.69) is 15.6 Å². The standard InChI is InChI=1S/C22H24F3N5O2/c23-22(24,25)16-4-7-19(26-13-16)30-10-8-29(9-11-30)14-20(31)27-18-3-1-2-15(12-18)21(32)28-17-5-6-17/h1-4,7,12-13,17H,5-6,8-11,14H2,(H,27,31)(H,28,32). The van der Waals surface area contributed by atoms with Crippen molar-refractivity contribution in [3.8, 4) is 0 Å². The summed E-state index contributed by atoms with van der Waals surface area (Å²) in [6.45, 7) is 2.47. The van der Waals surface area contributed by atoms with Gasteiger partial charge in [-0.15, -0.1) is 0 Å². The second-order valence-electron chi connectivity index (χ2n) is 8.04. The first-order valence-corrected chi connectivity index (χ1v) is 10.5. The smallest absolute Gasteiger partial charge is 0.354 e. The van der Waals surface area contributed by atoms with Gasteiger partial charge in [-0.05, 0) is 43.2 Å². The van der Waals surface area contributed by atoms with E-state index < -0.39 is 11.7 Å². The number of hydrogen-bond donors (Lipinski definition) is 2. The Labute approximate surface area is 183 Å². The minimum atomic E-state index is -4.40. The number of aromatic nitrogens is 1. The van der Waals surface area contributed by atoms with E-state index >= 15 is 0 Å². The average Bonchev–Trinajstić information content (AvgIpc) is 3.58. The van der Waals surface area contributed by atoms with Gasteiger partial charge in [0.25, 0.3) is 5.91 Å². The van der Waals surface area contributed by atoms with E-state index in [1.54, 1.807) is 24.3 Å². The van der Waals surface area contributed by atoms with Gasteiger partial charge in [-0.2, -0.15) is 13.2 Å². The first-order valence-electron chi connectivity index (χ1n) is 10.5. The van der Waals surface area contributed by atoms with Crippen molar-refractivity contribution in [1.29, 1.82) is 0 Å². The third-order valence-corrected chi connectivity index (χ3v) is 5.46. The molecular weight excluding hydrogens is 423 g/mol. The number of nitrogens with one attached hydrogen (secondary N) is 2. The minimum Gasteiger partial charge on any atom is -0.354 e. The van der Waals surface area contributed by atoms with E-state index in [1.807, 2.05) is 9.80 Å². The summed E-state index contributed by atoms with van der Waals surface area (Å²) in [5, 5.41) is 5.74. The van der Waals surface area contributed by atoms with Crippen LogP contribution < -0.4 is 15.5 Å². The van der Waals surface area contributed by atoms with Crippen LogP contribution in [0.25, 0.3) is 0 Å². The molecule has 2 fully saturated rings. The van der Waals surface area contributed by atoms with Crippen molar-refractivity contribution in [2.75, 3.05) is 42.9 Å². The van der Waals surface area contributed by atoms with Gasteiger partial charge in [0.2, 0.25) is 5.91 Å². The van der Waals surface area contributed by atoms with Crippen LogP contribution in [-0.4, -0.2) is 60.5 Å². The Morgan fingerprint density at radius 1 is 1.06 bits per heavy atom. The van der Waals surface area contributed by atoms with Crippen LogP contribution in [0.3, 0.4) is 0 Å². The maximum absolute atomic E-state index is 12.7. The average molecular weight is 447 g/mol. The Hall–Kier alpha value is -3.14. The minimum absolute atomic E-state index is 0.142. The Kier molecular flexibility index (Phi) is 6.31. The van der Waals surface area contributed by atoms with Crippen LogP contribution in [0.4, 0.5) is 24.7 Å². The van der Waals surface area contributed by atoms with E-state index in [-0.39, 0.29) is 24.4 Å². The van der Waals surface area contributed by atoms with Gasteiger partial charge in [-0.1, -0.05) is 6.07 Å². The molecule has 2 aromatic rings. The van der Waals surface area contributed by atoms with Gasteiger partial charge in [0.05, 0.1) is 12.1 Å². The van der Waals surface area contributed by atoms with Crippen LogP contribution in [0, 0.1) is 0 Å². The number of halogens is 3. The summed E-state index contributed by atoms with van der Waals surface area (Å²) in [6, 6.07) is 9.50. The number of rotatable bonds is 6. The second kappa shape index (κ2) is 9.15. The van der Waals surface area contributed by atoms with Crippen molar-refractivity contribution in [3.63, 3.8) is 0 Å². The summed E-state index contributed by atoms with van der Waals surface area (Å²) in [6.07, 6.45) is -1.55. The lowest BCUT2D eigenvalue weighted by Crippen LogP contribution is -2.48. The van der Waals surface area contributed by atoms with Crippen LogP contribution in [0.5, 0.6) is 0 Å². The fraction of sp³-hybridized carbons (Fsp3) is 0.409. The maximum Gasteiger partial charge on any atom is 0.417 e. The molecule has 7 nitrogen and oxygen atoms in total. The molecule has 1 aliphatic heterocycles. The molecule has 10 heteroatoms. The normalized spacial score (nSPS) is 17.2. The molecule has 2 heterocycles. The zero-order valence-electron chi connectivity index (χ0n) is 17.4. The highest BCUT2D eigenvalue weighted by Gasteiger charge is 2.31. The SMILES string of the molecule is O=C(CN1CCN(c2ccc(C(F)(F)F)cn2)CC1)Nc1cccc(C(=O)NC2CC2)c1. The molecule has 1 saturated heterocycles. The molecule has 0 radical (unpaired) electrons. The van der Waals surface area contributed by atoms with E-state index in [0.717, 1.165) is 25.1 Å². The van der Waals surface area contributed by atoms with E-state index in [9.17, 15) is 22.8 Å². The number of benzene rings is 1. The van der Waals surface area contributed by atoms with Crippen molar-refractivity contribution >= 4 is 23.3 Å². The predicted molar refractivity (Wildman–Crippen MR) is 113 cm³/mol. The maximum atomic E-state index is 12.7. The zero-order chi connectivity index (χ0) is 22.7. The number of anilines is 2. The van der Waals surface area contributed by atoms with Crippen LogP contribution in [0.2, 0.25) is 0 Å². The summed E-state index contributed by atoms with van der Waals surface area (Å²) in [4.78, 5) is 32.4. The zero-order valence-corrected chi connectivity index (χ0v) is 17.4. The van der Waals surface area contributed by atoms with Crippen molar-refractivity contribution < 1.29 is 22.8 Å². The van der Waals surface area contributed by atoms with Crippen molar-refractivity contribution in [3.05, 3.63) is 53.7 Å². The molecule has 1 aliphatic carbocycles. The monoisotopic (exact) mass is 447 g/mol. The molecule has 170 valence electrons. The third kappa shape index (κ3) is 5.76. The Bertz CT molecular complexity index is 968. The summed E-state index contributed by atoms with van der Waals surface area (Å²) >= 11 is 0. The van der Waals surface area contributed by atoms with Crippen molar-refractivity contribution in [1.82, 2.24) is 15.2 Å². The lowest BCUT2D eigenvalue weighted by atomic mass is 10.2. The number of nitrogens with zero attached hydrogens (tertiary/aromatic N) is 3. The van der Waals surface area contributed by atoms with Gasteiger partial charge in [0, 0.05) is 49.7 Å². The third-order valence-electron chi connectivity index (χ3n) is 5.46. The van der Waals surface area contributed by atoms with Gasteiger partial charge >= 0.3 is 6.18 Å². The number of amides is 2.